The lowest BCUT2D eigenvalue weighted by Gasteiger charge is -2.49. The third kappa shape index (κ3) is 6.02. The Morgan fingerprint density at radius 3 is 1.81 bits per heavy atom. The Morgan fingerprint density at radius 1 is 0.812 bits per heavy atom. The van der Waals surface area contributed by atoms with Crippen LogP contribution in [0.1, 0.15) is 22.7 Å². The Labute approximate surface area is 194 Å². The predicted octanol–water partition coefficient (Wildman–Crippen LogP) is 5.82. The fourth-order valence-electron chi connectivity index (χ4n) is 4.14. The number of benzene rings is 3. The van der Waals surface area contributed by atoms with E-state index in [4.69, 9.17) is 0 Å². The normalized spacial score (nSPS) is 16.2. The molecule has 3 aromatic carbocycles. The molecule has 168 valence electrons. The molecule has 32 heavy (non-hydrogen) atoms. The first-order chi connectivity index (χ1) is 15.0. The Balaban J connectivity index is 0.00000289. The summed E-state index contributed by atoms with van der Waals surface area (Å²) in [6.45, 7) is 2.60. The van der Waals surface area contributed by atoms with E-state index in [0.717, 1.165) is 16.7 Å². The van der Waals surface area contributed by atoms with Crippen LogP contribution in [0.2, 0.25) is 0 Å². The van der Waals surface area contributed by atoms with E-state index in [1.54, 1.807) is 24.3 Å². The lowest BCUT2D eigenvalue weighted by molar-refractivity contribution is -0.879. The van der Waals surface area contributed by atoms with Gasteiger partial charge in [-0.3, -0.25) is 4.90 Å². The minimum Gasteiger partial charge on any atom is -0.632 e. The van der Waals surface area contributed by atoms with Crippen molar-refractivity contribution < 1.29 is 13.4 Å². The van der Waals surface area contributed by atoms with Crippen LogP contribution in [0.3, 0.4) is 0 Å². The van der Waals surface area contributed by atoms with Crippen molar-refractivity contribution >= 4 is 18.5 Å². The Kier molecular flexibility index (Phi) is 8.15. The van der Waals surface area contributed by atoms with Gasteiger partial charge in [0.2, 0.25) is 0 Å². The van der Waals surface area contributed by atoms with Crippen LogP contribution in [-0.2, 0) is 0 Å². The fourth-order valence-corrected chi connectivity index (χ4v) is 4.14. The Morgan fingerprint density at radius 2 is 1.31 bits per heavy atom. The molecule has 0 N–H and O–H groups in total. The van der Waals surface area contributed by atoms with Gasteiger partial charge in [0.05, 0.1) is 25.7 Å². The van der Waals surface area contributed by atoms with Crippen molar-refractivity contribution in [3.05, 3.63) is 118 Å². The van der Waals surface area contributed by atoms with Gasteiger partial charge < -0.3 is 9.85 Å². The average Bonchev–Trinajstić information content (AvgIpc) is 2.79. The highest BCUT2D eigenvalue weighted by atomic mass is 35.5. The number of hydrogen-bond donors (Lipinski definition) is 0. The Hall–Kier alpha value is -2.57. The monoisotopic (exact) mass is 456 g/mol. The first-order valence-corrected chi connectivity index (χ1v) is 10.6. The summed E-state index contributed by atoms with van der Waals surface area (Å²) < 4.78 is 26.7. The fraction of sp³-hybridized carbons (Fsp3) is 0.231. The number of piperazine rings is 1. The molecule has 0 radical (unpaired) electrons. The Bertz CT molecular complexity index is 957. The molecular weight excluding hydrogens is 430 g/mol. The molecule has 0 spiro atoms. The lowest BCUT2D eigenvalue weighted by Crippen LogP contribution is -2.56. The second-order valence-electron chi connectivity index (χ2n) is 8.04. The second-order valence-corrected chi connectivity index (χ2v) is 8.04. The molecule has 1 fully saturated rings. The van der Waals surface area contributed by atoms with Crippen LogP contribution in [-0.4, -0.2) is 42.3 Å². The lowest BCUT2D eigenvalue weighted by atomic mass is 9.96. The maximum absolute atomic E-state index is 13.5. The van der Waals surface area contributed by atoms with Gasteiger partial charge in [-0.2, -0.15) is 0 Å². The summed E-state index contributed by atoms with van der Waals surface area (Å²) in [6, 6.07) is 22.6. The number of halogens is 3. The maximum atomic E-state index is 13.5. The number of rotatable bonds is 6. The smallest absolute Gasteiger partial charge is 0.123 e. The van der Waals surface area contributed by atoms with Crippen LogP contribution >= 0.6 is 12.4 Å². The summed E-state index contributed by atoms with van der Waals surface area (Å²) in [5.74, 6) is -0.582. The molecule has 0 unspecified atom stereocenters. The van der Waals surface area contributed by atoms with Crippen LogP contribution in [0.5, 0.6) is 0 Å². The van der Waals surface area contributed by atoms with Gasteiger partial charge in [0.15, 0.2) is 0 Å². The summed E-state index contributed by atoms with van der Waals surface area (Å²) in [7, 11) is 0. The van der Waals surface area contributed by atoms with Crippen LogP contribution < -0.4 is 0 Å². The van der Waals surface area contributed by atoms with Gasteiger partial charge in [0.1, 0.15) is 11.6 Å². The zero-order valence-corrected chi connectivity index (χ0v) is 18.6. The molecule has 1 heterocycles. The molecule has 1 aliphatic heterocycles. The molecule has 0 bridgehead atoms. The number of hydroxylamine groups is 3. The van der Waals surface area contributed by atoms with Crippen molar-refractivity contribution in [3.8, 4) is 0 Å². The third-order valence-electron chi connectivity index (χ3n) is 5.87. The quantitative estimate of drug-likeness (QED) is 0.345. The van der Waals surface area contributed by atoms with Crippen LogP contribution in [0.15, 0.2) is 84.9 Å². The molecule has 0 aromatic heterocycles. The molecule has 6 heteroatoms. The van der Waals surface area contributed by atoms with Crippen LogP contribution in [0.4, 0.5) is 8.78 Å². The number of nitrogens with zero attached hydrogens (tertiary/aromatic N) is 2. The highest BCUT2D eigenvalue weighted by Gasteiger charge is 2.30. The molecule has 1 aliphatic rings. The van der Waals surface area contributed by atoms with Gasteiger partial charge in [0.25, 0.3) is 0 Å². The molecule has 3 nitrogen and oxygen atoms in total. The molecule has 0 amide bonds. The summed E-state index contributed by atoms with van der Waals surface area (Å²) >= 11 is 0. The minimum atomic E-state index is -0.291. The van der Waals surface area contributed by atoms with Gasteiger partial charge >= 0.3 is 0 Å². The van der Waals surface area contributed by atoms with Gasteiger partial charge in [-0.05, 0) is 47.0 Å². The highest BCUT2D eigenvalue weighted by Crippen LogP contribution is 2.31. The number of quaternary nitrogens is 1. The molecular formula is C26H27ClF2N2O. The molecule has 1 saturated heterocycles. The molecule has 3 aromatic rings. The van der Waals surface area contributed by atoms with Crippen LogP contribution in [0, 0.1) is 16.8 Å². The topological polar surface area (TPSA) is 26.3 Å². The molecule has 0 saturated carbocycles. The van der Waals surface area contributed by atoms with E-state index in [0.29, 0.717) is 32.7 Å². The predicted molar refractivity (Wildman–Crippen MR) is 127 cm³/mol. The zero-order valence-electron chi connectivity index (χ0n) is 17.7. The summed E-state index contributed by atoms with van der Waals surface area (Å²) in [6.07, 6.45) is 3.94. The minimum absolute atomic E-state index is 0. The second kappa shape index (κ2) is 10.8. The van der Waals surface area contributed by atoms with E-state index in [2.05, 4.69) is 4.90 Å². The van der Waals surface area contributed by atoms with Crippen molar-refractivity contribution in [2.45, 2.75) is 6.04 Å². The van der Waals surface area contributed by atoms with Gasteiger partial charge in [0, 0.05) is 13.1 Å². The van der Waals surface area contributed by atoms with E-state index >= 15 is 0 Å². The number of hydrogen-bond acceptors (Lipinski definition) is 2. The average molecular weight is 457 g/mol. The van der Waals surface area contributed by atoms with E-state index < -0.39 is 0 Å². The summed E-state index contributed by atoms with van der Waals surface area (Å²) in [4.78, 5) is 2.23. The highest BCUT2D eigenvalue weighted by molar-refractivity contribution is 5.85. The van der Waals surface area contributed by atoms with E-state index in [1.165, 1.54) is 24.3 Å². The van der Waals surface area contributed by atoms with Gasteiger partial charge in [-0.25, -0.2) is 8.78 Å². The van der Waals surface area contributed by atoms with Crippen molar-refractivity contribution in [2.24, 2.45) is 0 Å². The van der Waals surface area contributed by atoms with Gasteiger partial charge in [-0.1, -0.05) is 60.7 Å². The van der Waals surface area contributed by atoms with Gasteiger partial charge in [-0.15, -0.1) is 12.4 Å². The molecule has 4 rings (SSSR count). The van der Waals surface area contributed by atoms with E-state index in [9.17, 15) is 14.0 Å². The summed E-state index contributed by atoms with van der Waals surface area (Å²) in [5, 5.41) is 13.2. The van der Waals surface area contributed by atoms with Crippen LogP contribution in [0.25, 0.3) is 6.08 Å². The van der Waals surface area contributed by atoms with Crippen molar-refractivity contribution in [1.29, 1.82) is 0 Å². The zero-order chi connectivity index (χ0) is 21.7. The van der Waals surface area contributed by atoms with Crippen molar-refractivity contribution in [3.63, 3.8) is 0 Å². The van der Waals surface area contributed by atoms with E-state index in [-0.39, 0.29) is 34.7 Å². The third-order valence-corrected chi connectivity index (χ3v) is 5.87. The van der Waals surface area contributed by atoms with E-state index in [1.807, 2.05) is 42.5 Å². The van der Waals surface area contributed by atoms with Crippen molar-refractivity contribution in [1.82, 2.24) is 4.90 Å². The summed E-state index contributed by atoms with van der Waals surface area (Å²) in [5.41, 5.74) is 2.95. The molecule has 0 aliphatic carbocycles. The van der Waals surface area contributed by atoms with Crippen molar-refractivity contribution in [2.75, 3.05) is 32.7 Å². The largest absolute Gasteiger partial charge is 0.632 e. The first kappa shape index (κ1) is 24.1. The standard InChI is InChI=1S/C26H26F2N2O.ClH/c27-24-12-8-22(9-13-24)26(23-10-14-25(28)15-11-23)29-16-19-30(31,20-17-29)18-4-7-21-5-2-1-3-6-21;/h1-15,26H,16-20H2;1H/b7-4+;. The molecule has 0 atom stereocenters. The maximum Gasteiger partial charge on any atom is 0.123 e. The first-order valence-electron chi connectivity index (χ1n) is 10.6. The SMILES string of the molecule is Cl.[O-][N+]1(C/C=C/c2ccccc2)CCN(C(c2ccc(F)cc2)c2ccc(F)cc2)CC1.